The molecule has 3 heteroatoms. The lowest BCUT2D eigenvalue weighted by atomic mass is 9.91. The van der Waals surface area contributed by atoms with Crippen LogP contribution < -0.4 is 0 Å². The largest absolute Gasteiger partial charge is 0.343 e. The molecule has 1 saturated heterocycles. The van der Waals surface area contributed by atoms with Crippen LogP contribution in [0.1, 0.15) is 51.3 Å². The Bertz CT molecular complexity index is 431. The molecule has 0 radical (unpaired) electrons. The lowest BCUT2D eigenvalue weighted by Gasteiger charge is -2.18. The highest BCUT2D eigenvalue weighted by Crippen LogP contribution is 2.20. The number of rotatable bonds is 4. The molecule has 2 heterocycles. The van der Waals surface area contributed by atoms with Crippen molar-refractivity contribution in [2.75, 3.05) is 13.1 Å². The average molecular weight is 260 g/mol. The standard InChI is InChI=1S/C16H24N2O/c1-16(2,3)14-9-8-13(12-17-14)6-4-10-18-11-5-7-15(18)19/h8-9,12H,4-7,10-11H2,1-3H3. The summed E-state index contributed by atoms with van der Waals surface area (Å²) < 4.78 is 0. The Balaban J connectivity index is 1.82. The van der Waals surface area contributed by atoms with Crippen molar-refractivity contribution in [3.05, 3.63) is 29.6 Å². The van der Waals surface area contributed by atoms with E-state index in [0.717, 1.165) is 44.5 Å². The van der Waals surface area contributed by atoms with Gasteiger partial charge in [0.1, 0.15) is 0 Å². The average Bonchev–Trinajstić information content (AvgIpc) is 2.75. The number of likely N-dealkylation sites (tertiary alicyclic amines) is 1. The van der Waals surface area contributed by atoms with E-state index < -0.39 is 0 Å². The number of carbonyl (C=O) groups is 1. The lowest BCUT2D eigenvalue weighted by molar-refractivity contribution is -0.127. The molecule has 2 rings (SSSR count). The van der Waals surface area contributed by atoms with E-state index in [1.807, 2.05) is 11.1 Å². The van der Waals surface area contributed by atoms with E-state index in [9.17, 15) is 4.79 Å². The molecule has 1 aromatic rings. The van der Waals surface area contributed by atoms with Gasteiger partial charge in [0.15, 0.2) is 0 Å². The number of nitrogens with zero attached hydrogens (tertiary/aromatic N) is 2. The molecular formula is C16H24N2O. The molecule has 19 heavy (non-hydrogen) atoms. The van der Waals surface area contributed by atoms with Gasteiger partial charge >= 0.3 is 0 Å². The van der Waals surface area contributed by atoms with E-state index in [1.165, 1.54) is 5.56 Å². The summed E-state index contributed by atoms with van der Waals surface area (Å²) in [5.41, 5.74) is 2.51. The Morgan fingerprint density at radius 3 is 2.63 bits per heavy atom. The zero-order valence-electron chi connectivity index (χ0n) is 12.3. The van der Waals surface area contributed by atoms with Gasteiger partial charge in [-0.2, -0.15) is 0 Å². The van der Waals surface area contributed by atoms with Gasteiger partial charge in [-0.05, 0) is 30.9 Å². The van der Waals surface area contributed by atoms with E-state index in [-0.39, 0.29) is 5.41 Å². The van der Waals surface area contributed by atoms with Gasteiger partial charge in [0.2, 0.25) is 5.91 Å². The quantitative estimate of drug-likeness (QED) is 0.834. The van der Waals surface area contributed by atoms with Crippen molar-refractivity contribution in [2.24, 2.45) is 0 Å². The second kappa shape index (κ2) is 5.72. The molecule has 1 aliphatic heterocycles. The zero-order valence-corrected chi connectivity index (χ0v) is 12.3. The fraction of sp³-hybridized carbons (Fsp3) is 0.625. The molecular weight excluding hydrogens is 236 g/mol. The van der Waals surface area contributed by atoms with Gasteiger partial charge < -0.3 is 4.90 Å². The van der Waals surface area contributed by atoms with Crippen molar-refractivity contribution < 1.29 is 4.79 Å². The Hall–Kier alpha value is -1.38. The third kappa shape index (κ3) is 3.79. The maximum Gasteiger partial charge on any atom is 0.222 e. The van der Waals surface area contributed by atoms with E-state index >= 15 is 0 Å². The minimum atomic E-state index is 0.112. The topological polar surface area (TPSA) is 33.2 Å². The summed E-state index contributed by atoms with van der Waals surface area (Å²) in [6, 6.07) is 4.29. The van der Waals surface area contributed by atoms with E-state index in [4.69, 9.17) is 0 Å². The number of hydrogen-bond donors (Lipinski definition) is 0. The number of pyridine rings is 1. The van der Waals surface area contributed by atoms with Gasteiger partial charge in [0, 0.05) is 36.8 Å². The molecule has 0 unspecified atom stereocenters. The summed E-state index contributed by atoms with van der Waals surface area (Å²) in [5, 5.41) is 0. The number of amides is 1. The maximum atomic E-state index is 11.5. The Kier molecular flexibility index (Phi) is 4.23. The Morgan fingerprint density at radius 1 is 1.32 bits per heavy atom. The fourth-order valence-corrected chi connectivity index (χ4v) is 2.43. The summed E-state index contributed by atoms with van der Waals surface area (Å²) in [6.45, 7) is 8.36. The number of aromatic nitrogens is 1. The molecule has 1 fully saturated rings. The molecule has 0 aliphatic carbocycles. The molecule has 3 nitrogen and oxygen atoms in total. The van der Waals surface area contributed by atoms with Crippen LogP contribution in [0.25, 0.3) is 0 Å². The normalized spacial score (nSPS) is 16.2. The lowest BCUT2D eigenvalue weighted by Crippen LogP contribution is -2.25. The van der Waals surface area contributed by atoms with Crippen LogP contribution in [0.4, 0.5) is 0 Å². The van der Waals surface area contributed by atoms with Crippen LogP contribution in [0.3, 0.4) is 0 Å². The first kappa shape index (κ1) is 14.0. The molecule has 1 amide bonds. The van der Waals surface area contributed by atoms with Gasteiger partial charge in [0.25, 0.3) is 0 Å². The van der Waals surface area contributed by atoms with E-state index in [0.29, 0.717) is 5.91 Å². The second-order valence-corrected chi connectivity index (χ2v) is 6.39. The molecule has 0 N–H and O–H groups in total. The third-order valence-electron chi connectivity index (χ3n) is 3.66. The van der Waals surface area contributed by atoms with Gasteiger partial charge in [-0.1, -0.05) is 26.8 Å². The van der Waals surface area contributed by atoms with Crippen molar-refractivity contribution in [2.45, 2.75) is 51.9 Å². The maximum absolute atomic E-state index is 11.5. The highest BCUT2D eigenvalue weighted by atomic mass is 16.2. The first-order valence-corrected chi connectivity index (χ1v) is 7.20. The van der Waals surface area contributed by atoms with Crippen LogP contribution in [0.15, 0.2) is 18.3 Å². The predicted octanol–water partition coefficient (Wildman–Crippen LogP) is 2.93. The second-order valence-electron chi connectivity index (χ2n) is 6.39. The smallest absolute Gasteiger partial charge is 0.222 e. The van der Waals surface area contributed by atoms with E-state index in [1.54, 1.807) is 0 Å². The van der Waals surface area contributed by atoms with Crippen LogP contribution in [0.2, 0.25) is 0 Å². The zero-order chi connectivity index (χ0) is 13.9. The predicted molar refractivity (Wildman–Crippen MR) is 77.1 cm³/mol. The number of hydrogen-bond acceptors (Lipinski definition) is 2. The molecule has 0 atom stereocenters. The van der Waals surface area contributed by atoms with E-state index in [2.05, 4.69) is 37.9 Å². The molecule has 0 spiro atoms. The van der Waals surface area contributed by atoms with Crippen molar-refractivity contribution in [1.29, 1.82) is 0 Å². The fourth-order valence-electron chi connectivity index (χ4n) is 2.43. The molecule has 0 saturated carbocycles. The van der Waals surface area contributed by atoms with Crippen molar-refractivity contribution in [3.63, 3.8) is 0 Å². The monoisotopic (exact) mass is 260 g/mol. The van der Waals surface area contributed by atoms with Crippen LogP contribution in [-0.2, 0) is 16.6 Å². The molecule has 0 aromatic carbocycles. The summed E-state index contributed by atoms with van der Waals surface area (Å²) in [7, 11) is 0. The van der Waals surface area contributed by atoms with Gasteiger partial charge in [0.05, 0.1) is 0 Å². The number of aryl methyl sites for hydroxylation is 1. The first-order valence-electron chi connectivity index (χ1n) is 7.20. The molecule has 104 valence electrons. The Labute approximate surface area is 116 Å². The van der Waals surface area contributed by atoms with Crippen LogP contribution in [0.5, 0.6) is 0 Å². The highest BCUT2D eigenvalue weighted by Gasteiger charge is 2.19. The van der Waals surface area contributed by atoms with Gasteiger partial charge in [-0.15, -0.1) is 0 Å². The summed E-state index contributed by atoms with van der Waals surface area (Å²) >= 11 is 0. The number of carbonyl (C=O) groups excluding carboxylic acids is 1. The molecule has 1 aromatic heterocycles. The molecule has 1 aliphatic rings. The van der Waals surface area contributed by atoms with Crippen LogP contribution in [0, 0.1) is 0 Å². The van der Waals surface area contributed by atoms with Gasteiger partial charge in [-0.3, -0.25) is 9.78 Å². The Morgan fingerprint density at radius 2 is 2.11 bits per heavy atom. The van der Waals surface area contributed by atoms with Crippen molar-refractivity contribution in [3.8, 4) is 0 Å². The highest BCUT2D eigenvalue weighted by molar-refractivity contribution is 5.77. The first-order chi connectivity index (χ1) is 8.97. The SMILES string of the molecule is CC(C)(C)c1ccc(CCCN2CCCC2=O)cn1. The third-order valence-corrected chi connectivity index (χ3v) is 3.66. The van der Waals surface area contributed by atoms with Gasteiger partial charge in [-0.25, -0.2) is 0 Å². The minimum Gasteiger partial charge on any atom is -0.343 e. The minimum absolute atomic E-state index is 0.112. The van der Waals surface area contributed by atoms with Crippen LogP contribution >= 0.6 is 0 Å². The summed E-state index contributed by atoms with van der Waals surface area (Å²) in [5.74, 6) is 0.321. The van der Waals surface area contributed by atoms with Crippen LogP contribution in [-0.4, -0.2) is 28.9 Å². The van der Waals surface area contributed by atoms with Crippen molar-refractivity contribution >= 4 is 5.91 Å². The summed E-state index contributed by atoms with van der Waals surface area (Å²) in [4.78, 5) is 18.0. The van der Waals surface area contributed by atoms with Crippen molar-refractivity contribution in [1.82, 2.24) is 9.88 Å². The molecule has 0 bridgehead atoms. The summed E-state index contributed by atoms with van der Waals surface area (Å²) in [6.07, 6.45) is 5.78.